The van der Waals surface area contributed by atoms with Crippen LogP contribution in [0.4, 0.5) is 5.69 Å². The summed E-state index contributed by atoms with van der Waals surface area (Å²) in [5.74, 6) is -0.909. The third-order valence-corrected chi connectivity index (χ3v) is 2.06. The van der Waals surface area contributed by atoms with E-state index < -0.39 is 5.97 Å². The molecule has 0 heterocycles. The van der Waals surface area contributed by atoms with E-state index in [1.165, 1.54) is 19.2 Å². The second kappa shape index (κ2) is 5.14. The number of carboxylic acids is 1. The molecule has 0 aliphatic rings. The highest BCUT2D eigenvalue weighted by molar-refractivity contribution is 5.94. The zero-order valence-corrected chi connectivity index (χ0v) is 8.98. The van der Waals surface area contributed by atoms with Crippen molar-refractivity contribution in [2.45, 2.75) is 6.92 Å². The minimum atomic E-state index is -1.12. The summed E-state index contributed by atoms with van der Waals surface area (Å²) < 4.78 is 9.82. The van der Waals surface area contributed by atoms with E-state index in [9.17, 15) is 4.79 Å². The first-order valence-corrected chi connectivity index (χ1v) is 4.48. The molecule has 0 radical (unpaired) electrons. The molecule has 0 atom stereocenters. The SMILES string of the molecule is [C-]#[N+]c1ccc(OCOC)c(C(=O)O)c1C. The summed E-state index contributed by atoms with van der Waals surface area (Å²) in [7, 11) is 1.45. The first-order valence-electron chi connectivity index (χ1n) is 4.48. The van der Waals surface area contributed by atoms with Gasteiger partial charge in [0.15, 0.2) is 12.5 Å². The molecular formula is C11H11NO4. The molecule has 5 heteroatoms. The number of carboxylic acid groups (broad SMARTS) is 1. The Hall–Kier alpha value is -2.06. The average molecular weight is 221 g/mol. The van der Waals surface area contributed by atoms with Gasteiger partial charge in [-0.1, -0.05) is 6.07 Å². The standard InChI is InChI=1S/C11H11NO4/c1-7-8(12-2)4-5-9(16-6-15-3)10(7)11(13)14/h4-5H,6H2,1,3H3,(H,13,14). The van der Waals surface area contributed by atoms with E-state index in [4.69, 9.17) is 21.2 Å². The highest BCUT2D eigenvalue weighted by Gasteiger charge is 2.17. The Bertz CT molecular complexity index is 448. The molecule has 1 N–H and O–H groups in total. The van der Waals surface area contributed by atoms with E-state index in [0.717, 1.165) is 0 Å². The van der Waals surface area contributed by atoms with Crippen molar-refractivity contribution in [1.29, 1.82) is 0 Å². The van der Waals surface area contributed by atoms with Crippen molar-refractivity contribution in [2.24, 2.45) is 0 Å². The van der Waals surface area contributed by atoms with Crippen LogP contribution in [0.1, 0.15) is 15.9 Å². The average Bonchev–Trinajstić information content (AvgIpc) is 2.25. The van der Waals surface area contributed by atoms with Gasteiger partial charge < -0.3 is 14.6 Å². The Morgan fingerprint density at radius 3 is 2.75 bits per heavy atom. The van der Waals surface area contributed by atoms with E-state index in [-0.39, 0.29) is 18.1 Å². The number of methoxy groups -OCH3 is 1. The minimum Gasteiger partial charge on any atom is -0.478 e. The van der Waals surface area contributed by atoms with E-state index >= 15 is 0 Å². The molecule has 0 aliphatic heterocycles. The minimum absolute atomic E-state index is 0.00514. The predicted octanol–water partition coefficient (Wildman–Crippen LogP) is 2.23. The summed E-state index contributed by atoms with van der Waals surface area (Å²) in [6, 6.07) is 2.99. The van der Waals surface area contributed by atoms with Gasteiger partial charge in [0.25, 0.3) is 0 Å². The quantitative estimate of drug-likeness (QED) is 0.625. The first kappa shape index (κ1) is 12.0. The summed E-state index contributed by atoms with van der Waals surface area (Å²) in [5.41, 5.74) is 0.712. The molecule has 16 heavy (non-hydrogen) atoms. The van der Waals surface area contributed by atoms with Crippen LogP contribution in [0.2, 0.25) is 0 Å². The Kier molecular flexibility index (Phi) is 3.86. The molecule has 1 rings (SSSR count). The van der Waals surface area contributed by atoms with Crippen molar-refractivity contribution in [3.63, 3.8) is 0 Å². The zero-order chi connectivity index (χ0) is 12.1. The fraction of sp³-hybridized carbons (Fsp3) is 0.273. The Balaban J connectivity index is 3.25. The van der Waals surface area contributed by atoms with Gasteiger partial charge in [0.1, 0.15) is 5.75 Å². The Morgan fingerprint density at radius 2 is 2.25 bits per heavy atom. The summed E-state index contributed by atoms with van der Waals surface area (Å²) in [5, 5.41) is 9.04. The van der Waals surface area contributed by atoms with Crippen LogP contribution in [0.3, 0.4) is 0 Å². The number of hydrogen-bond donors (Lipinski definition) is 1. The summed E-state index contributed by atoms with van der Waals surface area (Å²) >= 11 is 0. The molecule has 0 amide bonds. The number of nitrogens with zero attached hydrogens (tertiary/aromatic N) is 1. The summed E-state index contributed by atoms with van der Waals surface area (Å²) in [4.78, 5) is 14.3. The number of aromatic carboxylic acids is 1. The first-order chi connectivity index (χ1) is 7.61. The monoisotopic (exact) mass is 221 g/mol. The zero-order valence-electron chi connectivity index (χ0n) is 8.98. The smallest absolute Gasteiger partial charge is 0.338 e. The third-order valence-electron chi connectivity index (χ3n) is 2.06. The second-order valence-corrected chi connectivity index (χ2v) is 3.05. The molecule has 0 aromatic heterocycles. The highest BCUT2D eigenvalue weighted by atomic mass is 16.7. The summed E-state index contributed by atoms with van der Waals surface area (Å²) in [6.07, 6.45) is 0. The molecule has 1 aromatic rings. The highest BCUT2D eigenvalue weighted by Crippen LogP contribution is 2.30. The molecule has 0 fully saturated rings. The van der Waals surface area contributed by atoms with Crippen molar-refractivity contribution >= 4 is 11.7 Å². The van der Waals surface area contributed by atoms with Gasteiger partial charge in [0.2, 0.25) is 0 Å². The Morgan fingerprint density at radius 1 is 1.56 bits per heavy atom. The normalized spacial score (nSPS) is 9.56. The molecule has 1 aromatic carbocycles. The maximum Gasteiger partial charge on any atom is 0.338 e. The molecule has 0 saturated heterocycles. The van der Waals surface area contributed by atoms with Crippen molar-refractivity contribution < 1.29 is 19.4 Å². The van der Waals surface area contributed by atoms with Gasteiger partial charge in [-0.15, -0.1) is 0 Å². The van der Waals surface area contributed by atoms with Gasteiger partial charge in [-0.2, -0.15) is 0 Å². The van der Waals surface area contributed by atoms with Gasteiger partial charge >= 0.3 is 5.97 Å². The van der Waals surface area contributed by atoms with Gasteiger partial charge in [-0.05, 0) is 18.6 Å². The summed E-state index contributed by atoms with van der Waals surface area (Å²) in [6.45, 7) is 8.45. The van der Waals surface area contributed by atoms with Crippen molar-refractivity contribution in [3.05, 3.63) is 34.7 Å². The second-order valence-electron chi connectivity index (χ2n) is 3.05. The fourth-order valence-electron chi connectivity index (χ4n) is 1.31. The largest absolute Gasteiger partial charge is 0.478 e. The predicted molar refractivity (Wildman–Crippen MR) is 56.9 cm³/mol. The number of benzene rings is 1. The lowest BCUT2D eigenvalue weighted by molar-refractivity contribution is 0.0483. The van der Waals surface area contributed by atoms with Gasteiger partial charge in [-0.25, -0.2) is 9.64 Å². The number of carbonyl (C=O) groups is 1. The molecule has 5 nitrogen and oxygen atoms in total. The number of ether oxygens (including phenoxy) is 2. The van der Waals surface area contributed by atoms with Crippen LogP contribution in [0, 0.1) is 13.5 Å². The molecule has 0 saturated carbocycles. The molecular weight excluding hydrogens is 210 g/mol. The van der Waals surface area contributed by atoms with Crippen LogP contribution >= 0.6 is 0 Å². The van der Waals surface area contributed by atoms with Crippen LogP contribution in [0.5, 0.6) is 5.75 Å². The number of rotatable bonds is 4. The lowest BCUT2D eigenvalue weighted by Gasteiger charge is -2.11. The van der Waals surface area contributed by atoms with Crippen LogP contribution in [-0.4, -0.2) is 25.0 Å². The maximum atomic E-state index is 11.1. The van der Waals surface area contributed by atoms with E-state index in [1.54, 1.807) is 6.92 Å². The van der Waals surface area contributed by atoms with E-state index in [0.29, 0.717) is 11.3 Å². The van der Waals surface area contributed by atoms with E-state index in [2.05, 4.69) is 4.85 Å². The lowest BCUT2D eigenvalue weighted by Crippen LogP contribution is -2.07. The number of hydrogen-bond acceptors (Lipinski definition) is 3. The van der Waals surface area contributed by atoms with Crippen LogP contribution < -0.4 is 4.74 Å². The molecule has 0 aliphatic carbocycles. The lowest BCUT2D eigenvalue weighted by atomic mass is 10.1. The Labute approximate surface area is 93.0 Å². The molecule has 0 bridgehead atoms. The third kappa shape index (κ3) is 2.30. The van der Waals surface area contributed by atoms with Gasteiger partial charge in [0.05, 0.1) is 12.1 Å². The van der Waals surface area contributed by atoms with Gasteiger partial charge in [0, 0.05) is 7.11 Å². The van der Waals surface area contributed by atoms with Crippen LogP contribution in [0.15, 0.2) is 12.1 Å². The van der Waals surface area contributed by atoms with Crippen molar-refractivity contribution in [1.82, 2.24) is 0 Å². The van der Waals surface area contributed by atoms with Crippen molar-refractivity contribution in [2.75, 3.05) is 13.9 Å². The fourth-order valence-corrected chi connectivity index (χ4v) is 1.31. The maximum absolute atomic E-state index is 11.1. The molecule has 0 spiro atoms. The van der Waals surface area contributed by atoms with Gasteiger partial charge in [-0.3, -0.25) is 0 Å². The van der Waals surface area contributed by atoms with Crippen molar-refractivity contribution in [3.8, 4) is 5.75 Å². The van der Waals surface area contributed by atoms with Crippen LogP contribution in [0.25, 0.3) is 4.85 Å². The van der Waals surface area contributed by atoms with Crippen LogP contribution in [-0.2, 0) is 4.74 Å². The molecule has 0 unspecified atom stereocenters. The molecule has 84 valence electrons. The topological polar surface area (TPSA) is 60.1 Å². The van der Waals surface area contributed by atoms with E-state index in [1.807, 2.05) is 0 Å².